The molecule has 0 radical (unpaired) electrons. The lowest BCUT2D eigenvalue weighted by Gasteiger charge is -2.31. The molecule has 1 atom stereocenters. The standard InChI is InChI=1S/C14H13N3O2/c1-9-8-17(14(19)16-13(9)18)12-4-2-3-10-5-6-15-7-11(10)12/h2-7,9H,8H2,1H3,(H,16,18,19). The topological polar surface area (TPSA) is 62.3 Å². The van der Waals surface area contributed by atoms with Crippen molar-refractivity contribution in [2.75, 3.05) is 11.4 Å². The van der Waals surface area contributed by atoms with Gasteiger partial charge in [0, 0.05) is 24.3 Å². The highest BCUT2D eigenvalue weighted by Gasteiger charge is 2.30. The van der Waals surface area contributed by atoms with Gasteiger partial charge in [-0.1, -0.05) is 19.1 Å². The van der Waals surface area contributed by atoms with Crippen molar-refractivity contribution in [3.05, 3.63) is 36.7 Å². The molecule has 3 amide bonds. The number of hydrogen-bond acceptors (Lipinski definition) is 3. The van der Waals surface area contributed by atoms with Gasteiger partial charge in [-0.2, -0.15) is 0 Å². The Morgan fingerprint density at radius 2 is 2.16 bits per heavy atom. The van der Waals surface area contributed by atoms with Gasteiger partial charge in [0.1, 0.15) is 0 Å². The Morgan fingerprint density at radius 3 is 3.00 bits per heavy atom. The molecule has 5 heteroatoms. The molecule has 3 rings (SSSR count). The second-order valence-electron chi connectivity index (χ2n) is 4.68. The van der Waals surface area contributed by atoms with E-state index in [9.17, 15) is 9.59 Å². The van der Waals surface area contributed by atoms with E-state index in [1.165, 1.54) is 0 Å². The molecule has 1 aliphatic heterocycles. The van der Waals surface area contributed by atoms with Crippen molar-refractivity contribution in [1.82, 2.24) is 10.3 Å². The molecule has 2 aromatic rings. The van der Waals surface area contributed by atoms with Crippen molar-refractivity contribution < 1.29 is 9.59 Å². The smallest absolute Gasteiger partial charge is 0.293 e. The number of benzene rings is 1. The highest BCUT2D eigenvalue weighted by Crippen LogP contribution is 2.27. The molecule has 1 aromatic carbocycles. The Hall–Kier alpha value is -2.43. The molecule has 1 saturated heterocycles. The van der Waals surface area contributed by atoms with Crippen molar-refractivity contribution in [2.24, 2.45) is 5.92 Å². The Morgan fingerprint density at radius 1 is 1.32 bits per heavy atom. The minimum Gasteiger partial charge on any atom is -0.293 e. The zero-order chi connectivity index (χ0) is 13.4. The van der Waals surface area contributed by atoms with Crippen LogP contribution in [0, 0.1) is 5.92 Å². The van der Waals surface area contributed by atoms with Gasteiger partial charge in [0.25, 0.3) is 0 Å². The summed E-state index contributed by atoms with van der Waals surface area (Å²) in [5.74, 6) is -0.441. The molecule has 2 heterocycles. The Balaban J connectivity index is 2.09. The van der Waals surface area contributed by atoms with Crippen molar-refractivity contribution in [2.45, 2.75) is 6.92 Å². The zero-order valence-electron chi connectivity index (χ0n) is 10.5. The van der Waals surface area contributed by atoms with E-state index < -0.39 is 0 Å². The van der Waals surface area contributed by atoms with Crippen molar-refractivity contribution in [3.63, 3.8) is 0 Å². The maximum absolute atomic E-state index is 12.0. The van der Waals surface area contributed by atoms with Gasteiger partial charge < -0.3 is 0 Å². The Labute approximate surface area is 110 Å². The molecule has 1 unspecified atom stereocenters. The number of aromatic nitrogens is 1. The van der Waals surface area contributed by atoms with Crippen LogP contribution in [0.15, 0.2) is 36.7 Å². The van der Waals surface area contributed by atoms with E-state index in [0.29, 0.717) is 6.54 Å². The lowest BCUT2D eigenvalue weighted by molar-refractivity contribution is -0.123. The number of pyridine rings is 1. The first-order valence-electron chi connectivity index (χ1n) is 6.12. The van der Waals surface area contributed by atoms with Gasteiger partial charge >= 0.3 is 6.03 Å². The van der Waals surface area contributed by atoms with Crippen LogP contribution < -0.4 is 10.2 Å². The number of carbonyl (C=O) groups excluding carboxylic acids is 2. The summed E-state index contributed by atoms with van der Waals surface area (Å²) in [4.78, 5) is 29.1. The number of hydrogen-bond donors (Lipinski definition) is 1. The minimum atomic E-state index is -0.376. The minimum absolute atomic E-state index is 0.218. The van der Waals surface area contributed by atoms with Crippen LogP contribution in [0.25, 0.3) is 10.8 Å². The maximum Gasteiger partial charge on any atom is 0.328 e. The summed E-state index contributed by atoms with van der Waals surface area (Å²) in [5, 5.41) is 4.29. The summed E-state index contributed by atoms with van der Waals surface area (Å²) in [6, 6.07) is 7.25. The van der Waals surface area contributed by atoms with E-state index in [1.54, 1.807) is 24.2 Å². The summed E-state index contributed by atoms with van der Waals surface area (Å²) in [7, 11) is 0. The quantitative estimate of drug-likeness (QED) is 0.846. The van der Waals surface area contributed by atoms with E-state index in [1.807, 2.05) is 24.3 Å². The van der Waals surface area contributed by atoms with E-state index >= 15 is 0 Å². The lowest BCUT2D eigenvalue weighted by atomic mass is 10.1. The fourth-order valence-electron chi connectivity index (χ4n) is 2.28. The molecule has 1 aliphatic rings. The Bertz CT molecular complexity index is 663. The van der Waals surface area contributed by atoms with Gasteiger partial charge in [0.2, 0.25) is 5.91 Å². The first-order valence-corrected chi connectivity index (χ1v) is 6.12. The lowest BCUT2D eigenvalue weighted by Crippen LogP contribution is -2.54. The SMILES string of the molecule is CC1CN(c2cccc3ccncc23)C(=O)NC1=O. The molecule has 96 valence electrons. The van der Waals surface area contributed by atoms with Crippen LogP contribution in [0.2, 0.25) is 0 Å². The summed E-state index contributed by atoms with van der Waals surface area (Å²) >= 11 is 0. The number of rotatable bonds is 1. The van der Waals surface area contributed by atoms with Crippen molar-refractivity contribution in [3.8, 4) is 0 Å². The predicted octanol–water partition coefficient (Wildman–Crippen LogP) is 1.93. The van der Waals surface area contributed by atoms with Crippen LogP contribution in [0.4, 0.5) is 10.5 Å². The number of amides is 3. The average molecular weight is 255 g/mol. The molecule has 0 bridgehead atoms. The van der Waals surface area contributed by atoms with Crippen LogP contribution in [0.5, 0.6) is 0 Å². The molecular weight excluding hydrogens is 242 g/mol. The molecule has 0 spiro atoms. The van der Waals surface area contributed by atoms with Crippen LogP contribution in [-0.2, 0) is 4.79 Å². The molecule has 0 aliphatic carbocycles. The van der Waals surface area contributed by atoms with Crippen LogP contribution in [-0.4, -0.2) is 23.5 Å². The number of imide groups is 1. The molecule has 1 fully saturated rings. The largest absolute Gasteiger partial charge is 0.328 e. The molecule has 1 aromatic heterocycles. The van der Waals surface area contributed by atoms with Crippen LogP contribution in [0.1, 0.15) is 6.92 Å². The van der Waals surface area contributed by atoms with E-state index in [2.05, 4.69) is 10.3 Å². The highest BCUT2D eigenvalue weighted by molar-refractivity contribution is 6.10. The van der Waals surface area contributed by atoms with Gasteiger partial charge in [-0.15, -0.1) is 0 Å². The predicted molar refractivity (Wildman–Crippen MR) is 71.8 cm³/mol. The number of urea groups is 1. The first kappa shape index (κ1) is 11.6. The third kappa shape index (κ3) is 1.93. The average Bonchev–Trinajstić information content (AvgIpc) is 2.42. The molecule has 5 nitrogen and oxygen atoms in total. The van der Waals surface area contributed by atoms with Gasteiger partial charge in [-0.25, -0.2) is 4.79 Å². The summed E-state index contributed by atoms with van der Waals surface area (Å²) in [6.45, 7) is 2.19. The fraction of sp³-hybridized carbons (Fsp3) is 0.214. The summed E-state index contributed by atoms with van der Waals surface area (Å²) in [5.41, 5.74) is 0.780. The Kier molecular flexibility index (Phi) is 2.67. The normalized spacial score (nSPS) is 19.6. The summed E-state index contributed by atoms with van der Waals surface area (Å²) < 4.78 is 0. The number of anilines is 1. The highest BCUT2D eigenvalue weighted by atomic mass is 16.2. The number of carbonyl (C=O) groups is 2. The molecular formula is C14H13N3O2. The third-order valence-corrected chi connectivity index (χ3v) is 3.33. The van der Waals surface area contributed by atoms with Crippen molar-refractivity contribution in [1.29, 1.82) is 0 Å². The zero-order valence-corrected chi connectivity index (χ0v) is 10.5. The number of nitrogens with one attached hydrogen (secondary N) is 1. The van der Waals surface area contributed by atoms with Gasteiger partial charge in [0.05, 0.1) is 11.6 Å². The van der Waals surface area contributed by atoms with Crippen molar-refractivity contribution >= 4 is 28.4 Å². The van der Waals surface area contributed by atoms with Gasteiger partial charge in [0.15, 0.2) is 0 Å². The second-order valence-corrected chi connectivity index (χ2v) is 4.68. The molecule has 1 N–H and O–H groups in total. The van der Waals surface area contributed by atoms with E-state index in [-0.39, 0.29) is 17.9 Å². The van der Waals surface area contributed by atoms with E-state index in [4.69, 9.17) is 0 Å². The molecule has 0 saturated carbocycles. The summed E-state index contributed by atoms with van der Waals surface area (Å²) in [6.07, 6.45) is 3.45. The monoisotopic (exact) mass is 255 g/mol. The second kappa shape index (κ2) is 4.35. The maximum atomic E-state index is 12.0. The van der Waals surface area contributed by atoms with E-state index in [0.717, 1.165) is 16.5 Å². The first-order chi connectivity index (χ1) is 9.16. The van der Waals surface area contributed by atoms with Crippen LogP contribution >= 0.6 is 0 Å². The van der Waals surface area contributed by atoms with Gasteiger partial charge in [-0.05, 0) is 17.5 Å². The van der Waals surface area contributed by atoms with Crippen LogP contribution in [0.3, 0.4) is 0 Å². The third-order valence-electron chi connectivity index (χ3n) is 3.33. The fourth-order valence-corrected chi connectivity index (χ4v) is 2.28. The number of fused-ring (bicyclic) bond motifs is 1. The van der Waals surface area contributed by atoms with Gasteiger partial charge in [-0.3, -0.25) is 20.0 Å². The number of nitrogens with zero attached hydrogens (tertiary/aromatic N) is 2. The molecule has 19 heavy (non-hydrogen) atoms.